The second kappa shape index (κ2) is 6.74. The normalized spacial score (nSPS) is 15.6. The van der Waals surface area contributed by atoms with Crippen molar-refractivity contribution < 1.29 is 19.6 Å². The summed E-state index contributed by atoms with van der Waals surface area (Å²) in [6.45, 7) is 0.925. The van der Waals surface area contributed by atoms with E-state index < -0.39 is 10.9 Å². The second-order valence-corrected chi connectivity index (χ2v) is 5.66. The third-order valence-electron chi connectivity index (χ3n) is 3.76. The van der Waals surface area contributed by atoms with E-state index in [-0.39, 0.29) is 34.5 Å². The molecule has 0 atom stereocenters. The van der Waals surface area contributed by atoms with Gasteiger partial charge in [-0.1, -0.05) is 11.6 Å². The van der Waals surface area contributed by atoms with E-state index in [9.17, 15) is 19.7 Å². The number of aliphatic carboxylic acids is 1. The number of carbonyl (C=O) groups excluding carboxylic acids is 1. The fraction of sp³-hybridized carbons (Fsp3) is 0.429. The first-order chi connectivity index (χ1) is 10.4. The van der Waals surface area contributed by atoms with Gasteiger partial charge in [-0.3, -0.25) is 19.7 Å². The summed E-state index contributed by atoms with van der Waals surface area (Å²) in [5.74, 6) is -1.04. The van der Waals surface area contributed by atoms with Gasteiger partial charge in [-0.2, -0.15) is 0 Å². The zero-order chi connectivity index (χ0) is 16.3. The van der Waals surface area contributed by atoms with Crippen LogP contribution in [-0.2, 0) is 4.79 Å². The Bertz CT molecular complexity index is 611. The van der Waals surface area contributed by atoms with Crippen LogP contribution < -0.4 is 0 Å². The molecule has 0 unspecified atom stereocenters. The summed E-state index contributed by atoms with van der Waals surface area (Å²) in [4.78, 5) is 34.8. The number of piperidine rings is 1. The van der Waals surface area contributed by atoms with E-state index in [1.165, 1.54) is 12.1 Å². The molecule has 1 aromatic carbocycles. The molecule has 1 amide bonds. The molecule has 2 rings (SSSR count). The van der Waals surface area contributed by atoms with Crippen LogP contribution in [0.25, 0.3) is 0 Å². The smallest absolute Gasteiger partial charge is 0.303 e. The molecule has 1 aliphatic rings. The van der Waals surface area contributed by atoms with Gasteiger partial charge in [0.25, 0.3) is 11.6 Å². The number of carbonyl (C=O) groups is 2. The summed E-state index contributed by atoms with van der Waals surface area (Å²) < 4.78 is 0. The summed E-state index contributed by atoms with van der Waals surface area (Å²) in [6, 6.07) is 3.76. The largest absolute Gasteiger partial charge is 0.481 e. The molecule has 118 valence electrons. The molecule has 0 radical (unpaired) electrons. The van der Waals surface area contributed by atoms with E-state index in [4.69, 9.17) is 16.7 Å². The lowest BCUT2D eigenvalue weighted by molar-refractivity contribution is -0.384. The van der Waals surface area contributed by atoms with Crippen molar-refractivity contribution in [2.24, 2.45) is 5.92 Å². The number of nitro benzene ring substituents is 1. The molecule has 0 saturated carbocycles. The number of amides is 1. The van der Waals surface area contributed by atoms with Crippen molar-refractivity contribution in [2.75, 3.05) is 13.1 Å². The zero-order valence-corrected chi connectivity index (χ0v) is 12.5. The third kappa shape index (κ3) is 3.73. The van der Waals surface area contributed by atoms with Crippen LogP contribution in [0, 0.1) is 16.0 Å². The first kappa shape index (κ1) is 16.2. The lowest BCUT2D eigenvalue weighted by Gasteiger charge is -2.31. The van der Waals surface area contributed by atoms with Crippen LogP contribution >= 0.6 is 11.6 Å². The molecule has 7 nitrogen and oxygen atoms in total. The fourth-order valence-electron chi connectivity index (χ4n) is 2.55. The quantitative estimate of drug-likeness (QED) is 0.677. The van der Waals surface area contributed by atoms with Gasteiger partial charge in [-0.25, -0.2) is 0 Å². The average Bonchev–Trinajstić information content (AvgIpc) is 2.46. The first-order valence-electron chi connectivity index (χ1n) is 6.83. The molecule has 0 bridgehead atoms. The molecule has 1 N–H and O–H groups in total. The SMILES string of the molecule is O=C(O)CC1CCN(C(=O)c2ccc([N+](=O)[O-])cc2Cl)CC1. The predicted molar refractivity (Wildman–Crippen MR) is 79.0 cm³/mol. The third-order valence-corrected chi connectivity index (χ3v) is 4.07. The number of rotatable bonds is 4. The molecule has 0 spiro atoms. The molecule has 0 aliphatic carbocycles. The van der Waals surface area contributed by atoms with Gasteiger partial charge in [-0.15, -0.1) is 0 Å². The Morgan fingerprint density at radius 2 is 2.00 bits per heavy atom. The monoisotopic (exact) mass is 326 g/mol. The molecule has 1 aliphatic heterocycles. The number of likely N-dealkylation sites (tertiary alicyclic amines) is 1. The average molecular weight is 327 g/mol. The van der Waals surface area contributed by atoms with Crippen LogP contribution in [0.2, 0.25) is 5.02 Å². The van der Waals surface area contributed by atoms with Crippen molar-refractivity contribution >= 4 is 29.2 Å². The van der Waals surface area contributed by atoms with Crippen molar-refractivity contribution in [3.05, 3.63) is 38.9 Å². The fourth-order valence-corrected chi connectivity index (χ4v) is 2.80. The lowest BCUT2D eigenvalue weighted by atomic mass is 9.93. The van der Waals surface area contributed by atoms with Crippen molar-refractivity contribution in [3.63, 3.8) is 0 Å². The summed E-state index contributed by atoms with van der Waals surface area (Å²) in [6.07, 6.45) is 1.37. The molecule has 1 fully saturated rings. The Morgan fingerprint density at radius 1 is 1.36 bits per heavy atom. The highest BCUT2D eigenvalue weighted by Crippen LogP contribution is 2.26. The molecule has 8 heteroatoms. The van der Waals surface area contributed by atoms with Gasteiger partial charge in [-0.05, 0) is 24.8 Å². The van der Waals surface area contributed by atoms with Gasteiger partial charge in [0, 0.05) is 31.6 Å². The van der Waals surface area contributed by atoms with Crippen LogP contribution in [0.1, 0.15) is 29.6 Å². The van der Waals surface area contributed by atoms with Gasteiger partial charge >= 0.3 is 5.97 Å². The second-order valence-electron chi connectivity index (χ2n) is 5.25. The van der Waals surface area contributed by atoms with Crippen LogP contribution in [0.4, 0.5) is 5.69 Å². The maximum absolute atomic E-state index is 12.4. The van der Waals surface area contributed by atoms with Crippen LogP contribution in [0.3, 0.4) is 0 Å². The number of carboxylic acid groups (broad SMARTS) is 1. The number of hydrogen-bond donors (Lipinski definition) is 1. The highest BCUT2D eigenvalue weighted by molar-refractivity contribution is 6.34. The summed E-state index contributed by atoms with van der Waals surface area (Å²) in [5.41, 5.74) is 0.0608. The molecule has 0 aromatic heterocycles. The minimum atomic E-state index is -0.830. The molecular formula is C14H15ClN2O5. The van der Waals surface area contributed by atoms with E-state index in [1.54, 1.807) is 4.90 Å². The Kier molecular flexibility index (Phi) is 4.97. The van der Waals surface area contributed by atoms with Crippen LogP contribution in [-0.4, -0.2) is 39.9 Å². The summed E-state index contributed by atoms with van der Waals surface area (Å²) >= 11 is 5.96. The molecule has 22 heavy (non-hydrogen) atoms. The molecule has 1 saturated heterocycles. The summed E-state index contributed by atoms with van der Waals surface area (Å²) in [7, 11) is 0. The zero-order valence-electron chi connectivity index (χ0n) is 11.7. The number of carboxylic acids is 1. The van der Waals surface area contributed by atoms with Gasteiger partial charge < -0.3 is 10.0 Å². The molecular weight excluding hydrogens is 312 g/mol. The van der Waals surface area contributed by atoms with Gasteiger partial charge in [0.2, 0.25) is 0 Å². The van der Waals surface area contributed by atoms with E-state index >= 15 is 0 Å². The maximum atomic E-state index is 12.4. The Hall–Kier alpha value is -2.15. The minimum Gasteiger partial charge on any atom is -0.481 e. The van der Waals surface area contributed by atoms with Crippen molar-refractivity contribution in [3.8, 4) is 0 Å². The van der Waals surface area contributed by atoms with E-state index in [1.807, 2.05) is 0 Å². The van der Waals surface area contributed by atoms with Gasteiger partial charge in [0.1, 0.15) is 0 Å². The first-order valence-corrected chi connectivity index (χ1v) is 7.21. The summed E-state index contributed by atoms with van der Waals surface area (Å²) in [5, 5.41) is 19.5. The standard InChI is InChI=1S/C14H15ClN2O5/c15-12-8-10(17(21)22)1-2-11(12)14(20)16-5-3-9(4-6-16)7-13(18)19/h1-2,8-9H,3-7H2,(H,18,19). The number of halogens is 1. The van der Waals surface area contributed by atoms with Crippen LogP contribution in [0.15, 0.2) is 18.2 Å². The van der Waals surface area contributed by atoms with Crippen molar-refractivity contribution in [1.82, 2.24) is 4.90 Å². The van der Waals surface area contributed by atoms with Crippen molar-refractivity contribution in [2.45, 2.75) is 19.3 Å². The van der Waals surface area contributed by atoms with E-state index in [0.29, 0.717) is 25.9 Å². The highest BCUT2D eigenvalue weighted by atomic mass is 35.5. The van der Waals surface area contributed by atoms with Gasteiger partial charge in [0.15, 0.2) is 0 Å². The van der Waals surface area contributed by atoms with Gasteiger partial charge in [0.05, 0.1) is 15.5 Å². The minimum absolute atomic E-state index is 0.0480. The van der Waals surface area contributed by atoms with E-state index in [2.05, 4.69) is 0 Å². The lowest BCUT2D eigenvalue weighted by Crippen LogP contribution is -2.39. The Balaban J connectivity index is 2.04. The predicted octanol–water partition coefficient (Wildman–Crippen LogP) is 2.58. The molecule has 1 heterocycles. The number of benzene rings is 1. The Morgan fingerprint density at radius 3 is 2.50 bits per heavy atom. The Labute approximate surface area is 131 Å². The van der Waals surface area contributed by atoms with E-state index in [0.717, 1.165) is 6.07 Å². The topological polar surface area (TPSA) is 101 Å². The van der Waals surface area contributed by atoms with Crippen LogP contribution in [0.5, 0.6) is 0 Å². The maximum Gasteiger partial charge on any atom is 0.303 e. The number of hydrogen-bond acceptors (Lipinski definition) is 4. The number of non-ortho nitro benzene ring substituents is 1. The van der Waals surface area contributed by atoms with Crippen molar-refractivity contribution in [1.29, 1.82) is 0 Å². The number of nitrogens with zero attached hydrogens (tertiary/aromatic N) is 2. The number of nitro groups is 1. The molecule has 1 aromatic rings. The highest BCUT2D eigenvalue weighted by Gasteiger charge is 2.26.